The van der Waals surface area contributed by atoms with E-state index in [-0.39, 0.29) is 5.56 Å². The molecule has 3 heterocycles. The average Bonchev–Trinajstić information content (AvgIpc) is 3.29. The second kappa shape index (κ2) is 6.85. The van der Waals surface area contributed by atoms with Gasteiger partial charge in [-0.25, -0.2) is 9.79 Å². The summed E-state index contributed by atoms with van der Waals surface area (Å²) in [6.45, 7) is 1.77. The number of carbonyl (C=O) groups is 1. The molecular formula is C20H17N3O3S. The predicted molar refractivity (Wildman–Crippen MR) is 103 cm³/mol. The lowest BCUT2D eigenvalue weighted by atomic mass is 9.96. The Morgan fingerprint density at radius 3 is 2.70 bits per heavy atom. The summed E-state index contributed by atoms with van der Waals surface area (Å²) in [6, 6.07) is 12.6. The summed E-state index contributed by atoms with van der Waals surface area (Å²) in [5.41, 5.74) is 2.42. The van der Waals surface area contributed by atoms with Crippen molar-refractivity contribution < 1.29 is 9.53 Å². The summed E-state index contributed by atoms with van der Waals surface area (Å²) >= 11 is 1.31. The van der Waals surface area contributed by atoms with Crippen LogP contribution < -0.4 is 14.9 Å². The fourth-order valence-corrected chi connectivity index (χ4v) is 4.26. The zero-order valence-corrected chi connectivity index (χ0v) is 15.6. The SMILES string of the molecule is COC(=O)C1=C(C)N=c2s/c(=C\c3ccc[nH]3)c(=O)n2[C@@H]1c1ccccc1. The van der Waals surface area contributed by atoms with E-state index in [0.717, 1.165) is 11.3 Å². The molecule has 0 saturated carbocycles. The van der Waals surface area contributed by atoms with Crippen LogP contribution in [0, 0.1) is 0 Å². The molecule has 27 heavy (non-hydrogen) atoms. The van der Waals surface area contributed by atoms with Crippen LogP contribution in [0.4, 0.5) is 0 Å². The average molecular weight is 379 g/mol. The van der Waals surface area contributed by atoms with Gasteiger partial charge in [0.05, 0.1) is 29.0 Å². The fraction of sp³-hybridized carbons (Fsp3) is 0.150. The Bertz CT molecular complexity index is 1200. The van der Waals surface area contributed by atoms with E-state index >= 15 is 0 Å². The monoisotopic (exact) mass is 379 g/mol. The molecular weight excluding hydrogens is 362 g/mol. The Hall–Kier alpha value is -3.19. The maximum Gasteiger partial charge on any atom is 0.338 e. The predicted octanol–water partition coefficient (Wildman–Crippen LogP) is 1.74. The number of fused-ring (bicyclic) bond motifs is 1. The van der Waals surface area contributed by atoms with Crippen molar-refractivity contribution in [1.82, 2.24) is 9.55 Å². The Balaban J connectivity index is 2.00. The zero-order chi connectivity index (χ0) is 19.0. The van der Waals surface area contributed by atoms with Gasteiger partial charge < -0.3 is 9.72 Å². The minimum atomic E-state index is -0.569. The van der Waals surface area contributed by atoms with Crippen LogP contribution in [0.15, 0.2) is 69.7 Å². The molecule has 1 atom stereocenters. The fourth-order valence-electron chi connectivity index (χ4n) is 3.22. The van der Waals surface area contributed by atoms with E-state index in [2.05, 4.69) is 9.98 Å². The van der Waals surface area contributed by atoms with Crippen LogP contribution in [-0.4, -0.2) is 22.6 Å². The molecule has 7 heteroatoms. The van der Waals surface area contributed by atoms with Crippen molar-refractivity contribution in [3.05, 3.63) is 90.9 Å². The van der Waals surface area contributed by atoms with Crippen LogP contribution in [0.3, 0.4) is 0 Å². The van der Waals surface area contributed by atoms with E-state index in [1.54, 1.807) is 23.8 Å². The largest absolute Gasteiger partial charge is 0.466 e. The first kappa shape index (κ1) is 17.2. The number of nitrogens with zero attached hydrogens (tertiary/aromatic N) is 2. The number of aromatic amines is 1. The van der Waals surface area contributed by atoms with Gasteiger partial charge in [-0.05, 0) is 30.7 Å². The molecule has 1 aliphatic rings. The van der Waals surface area contributed by atoms with Gasteiger partial charge in [-0.1, -0.05) is 41.7 Å². The third-order valence-corrected chi connectivity index (χ3v) is 5.43. The lowest BCUT2D eigenvalue weighted by molar-refractivity contribution is -0.136. The number of carbonyl (C=O) groups excluding carboxylic acids is 1. The van der Waals surface area contributed by atoms with Crippen LogP contribution >= 0.6 is 11.3 Å². The number of nitrogens with one attached hydrogen (secondary N) is 1. The number of H-pyrrole nitrogens is 1. The van der Waals surface area contributed by atoms with Crippen molar-refractivity contribution in [2.24, 2.45) is 4.99 Å². The van der Waals surface area contributed by atoms with Crippen molar-refractivity contribution in [3.63, 3.8) is 0 Å². The molecule has 1 N–H and O–H groups in total. The third kappa shape index (κ3) is 2.96. The smallest absolute Gasteiger partial charge is 0.338 e. The molecule has 3 aromatic rings. The summed E-state index contributed by atoms with van der Waals surface area (Å²) in [7, 11) is 1.33. The first-order chi connectivity index (χ1) is 13.1. The highest BCUT2D eigenvalue weighted by Gasteiger charge is 2.32. The maximum atomic E-state index is 13.2. The van der Waals surface area contributed by atoms with E-state index in [1.807, 2.05) is 42.5 Å². The number of allylic oxidation sites excluding steroid dienone is 1. The Labute approximate surface area is 158 Å². The highest BCUT2D eigenvalue weighted by molar-refractivity contribution is 7.07. The minimum Gasteiger partial charge on any atom is -0.466 e. The molecule has 1 aliphatic heterocycles. The molecule has 0 saturated heterocycles. The molecule has 6 nitrogen and oxygen atoms in total. The molecule has 4 rings (SSSR count). The van der Waals surface area contributed by atoms with Crippen molar-refractivity contribution in [3.8, 4) is 0 Å². The molecule has 0 fully saturated rings. The lowest BCUT2D eigenvalue weighted by Crippen LogP contribution is -2.39. The van der Waals surface area contributed by atoms with Crippen LogP contribution in [-0.2, 0) is 9.53 Å². The highest BCUT2D eigenvalue weighted by atomic mass is 32.1. The van der Waals surface area contributed by atoms with E-state index in [9.17, 15) is 9.59 Å². The molecule has 0 amide bonds. The summed E-state index contributed by atoms with van der Waals surface area (Å²) in [5.74, 6) is -0.483. The number of methoxy groups -OCH3 is 1. The molecule has 2 aromatic heterocycles. The lowest BCUT2D eigenvalue weighted by Gasteiger charge is -2.24. The van der Waals surface area contributed by atoms with E-state index < -0.39 is 12.0 Å². The van der Waals surface area contributed by atoms with Crippen molar-refractivity contribution in [1.29, 1.82) is 0 Å². The number of esters is 1. The quantitative estimate of drug-likeness (QED) is 0.704. The van der Waals surface area contributed by atoms with Gasteiger partial charge in [0, 0.05) is 11.9 Å². The molecule has 0 bridgehead atoms. The first-order valence-corrected chi connectivity index (χ1v) is 9.21. The molecule has 1 aromatic carbocycles. The van der Waals surface area contributed by atoms with Crippen molar-refractivity contribution >= 4 is 23.4 Å². The van der Waals surface area contributed by atoms with Gasteiger partial charge in [0.25, 0.3) is 5.56 Å². The standard InChI is InChI=1S/C20H17N3O3S/c1-12-16(19(25)26-2)17(13-7-4-3-5-8-13)23-18(24)15(27-20(23)22-12)11-14-9-6-10-21-14/h3-11,17,21H,1-2H3/b15-11-/t17-/m1/s1. The van der Waals surface area contributed by atoms with Gasteiger partial charge in [0.1, 0.15) is 0 Å². The van der Waals surface area contributed by atoms with Gasteiger partial charge in [-0.2, -0.15) is 0 Å². The summed E-state index contributed by atoms with van der Waals surface area (Å²) in [4.78, 5) is 33.8. The van der Waals surface area contributed by atoms with Crippen LogP contribution in [0.25, 0.3) is 6.08 Å². The number of hydrogen-bond donors (Lipinski definition) is 1. The van der Waals surface area contributed by atoms with Gasteiger partial charge in [0.2, 0.25) is 0 Å². The number of thiazole rings is 1. The second-order valence-corrected chi connectivity index (χ2v) is 7.12. The van der Waals surface area contributed by atoms with E-state index in [4.69, 9.17) is 4.74 Å². The Morgan fingerprint density at radius 1 is 1.26 bits per heavy atom. The summed E-state index contributed by atoms with van der Waals surface area (Å²) in [6.07, 6.45) is 3.60. The number of ether oxygens (including phenoxy) is 1. The van der Waals surface area contributed by atoms with Crippen LogP contribution in [0.5, 0.6) is 0 Å². The van der Waals surface area contributed by atoms with Crippen molar-refractivity contribution in [2.75, 3.05) is 7.11 Å². The topological polar surface area (TPSA) is 76.4 Å². The van der Waals surface area contributed by atoms with Gasteiger partial charge in [0.15, 0.2) is 4.80 Å². The van der Waals surface area contributed by atoms with Crippen LogP contribution in [0.1, 0.15) is 24.2 Å². The maximum absolute atomic E-state index is 13.2. The minimum absolute atomic E-state index is 0.184. The number of aromatic nitrogens is 2. The first-order valence-electron chi connectivity index (χ1n) is 8.39. The number of benzene rings is 1. The zero-order valence-electron chi connectivity index (χ0n) is 14.8. The molecule has 0 radical (unpaired) electrons. The Morgan fingerprint density at radius 2 is 2.04 bits per heavy atom. The van der Waals surface area contributed by atoms with Gasteiger partial charge in [-0.3, -0.25) is 9.36 Å². The third-order valence-electron chi connectivity index (χ3n) is 4.45. The van der Waals surface area contributed by atoms with E-state index in [0.29, 0.717) is 20.6 Å². The number of hydrogen-bond acceptors (Lipinski definition) is 5. The van der Waals surface area contributed by atoms with E-state index in [1.165, 1.54) is 18.4 Å². The van der Waals surface area contributed by atoms with Gasteiger partial charge in [-0.15, -0.1) is 0 Å². The van der Waals surface area contributed by atoms with Crippen LogP contribution in [0.2, 0.25) is 0 Å². The molecule has 0 unspecified atom stereocenters. The molecule has 0 aliphatic carbocycles. The summed E-state index contributed by atoms with van der Waals surface area (Å²) in [5, 5.41) is 0. The second-order valence-electron chi connectivity index (χ2n) is 6.11. The number of rotatable bonds is 3. The normalized spacial score (nSPS) is 16.8. The van der Waals surface area contributed by atoms with Crippen molar-refractivity contribution in [2.45, 2.75) is 13.0 Å². The van der Waals surface area contributed by atoms with Gasteiger partial charge >= 0.3 is 5.97 Å². The highest BCUT2D eigenvalue weighted by Crippen LogP contribution is 2.30. The summed E-state index contributed by atoms with van der Waals surface area (Å²) < 4.78 is 7.11. The molecule has 136 valence electrons. The Kier molecular flexibility index (Phi) is 4.37. The molecule has 0 spiro atoms.